The third-order valence-corrected chi connectivity index (χ3v) is 3.15. The van der Waals surface area contributed by atoms with Crippen molar-refractivity contribution in [1.29, 1.82) is 0 Å². The summed E-state index contributed by atoms with van der Waals surface area (Å²) in [6.07, 6.45) is 0. The first-order valence-corrected chi connectivity index (χ1v) is 6.30. The summed E-state index contributed by atoms with van der Waals surface area (Å²) in [6.45, 7) is 2.85. The third-order valence-electron chi connectivity index (χ3n) is 2.90. The van der Waals surface area contributed by atoms with Crippen LogP contribution in [0.3, 0.4) is 0 Å². The Balaban J connectivity index is 1.96. The van der Waals surface area contributed by atoms with Crippen molar-refractivity contribution >= 4 is 11.6 Å². The third kappa shape index (κ3) is 3.49. The van der Waals surface area contributed by atoms with Crippen LogP contribution in [0.15, 0.2) is 48.5 Å². The van der Waals surface area contributed by atoms with Gasteiger partial charge in [-0.15, -0.1) is 0 Å². The lowest BCUT2D eigenvalue weighted by Gasteiger charge is -2.14. The van der Waals surface area contributed by atoms with Crippen LogP contribution < -0.4 is 5.32 Å². The number of aromatic hydroxyl groups is 1. The Bertz CT molecular complexity index is 510. The average Bonchev–Trinajstić information content (AvgIpc) is 2.38. The summed E-state index contributed by atoms with van der Waals surface area (Å²) in [5.41, 5.74) is 2.26. The van der Waals surface area contributed by atoms with Crippen molar-refractivity contribution in [2.45, 2.75) is 19.5 Å². The van der Waals surface area contributed by atoms with Crippen LogP contribution in [0.2, 0.25) is 5.02 Å². The molecule has 0 radical (unpaired) electrons. The first-order chi connectivity index (χ1) is 8.65. The smallest absolute Gasteiger partial charge is 0.115 e. The molecule has 1 unspecified atom stereocenters. The van der Waals surface area contributed by atoms with Gasteiger partial charge in [-0.05, 0) is 42.3 Å². The molecule has 94 valence electrons. The molecule has 0 aliphatic carbocycles. The van der Waals surface area contributed by atoms with E-state index in [9.17, 15) is 5.11 Å². The number of benzene rings is 2. The number of nitrogens with one attached hydrogen (secondary N) is 1. The molecule has 2 nitrogen and oxygen atoms in total. The zero-order valence-corrected chi connectivity index (χ0v) is 11.0. The fourth-order valence-electron chi connectivity index (χ4n) is 1.79. The van der Waals surface area contributed by atoms with Crippen LogP contribution in [-0.2, 0) is 6.54 Å². The highest BCUT2D eigenvalue weighted by molar-refractivity contribution is 6.30. The van der Waals surface area contributed by atoms with E-state index in [0.717, 1.165) is 17.1 Å². The van der Waals surface area contributed by atoms with Crippen LogP contribution in [0.1, 0.15) is 24.1 Å². The summed E-state index contributed by atoms with van der Waals surface area (Å²) in [5, 5.41) is 13.6. The molecule has 0 aromatic heterocycles. The molecule has 0 saturated carbocycles. The molecule has 2 aromatic rings. The molecular weight excluding hydrogens is 246 g/mol. The normalized spacial score (nSPS) is 12.3. The highest BCUT2D eigenvalue weighted by Crippen LogP contribution is 2.18. The van der Waals surface area contributed by atoms with E-state index in [1.165, 1.54) is 5.56 Å². The molecule has 18 heavy (non-hydrogen) atoms. The summed E-state index contributed by atoms with van der Waals surface area (Å²) >= 11 is 5.84. The van der Waals surface area contributed by atoms with Gasteiger partial charge in [0.25, 0.3) is 0 Å². The minimum atomic E-state index is 0.188. The molecular formula is C15H16ClNO. The van der Waals surface area contributed by atoms with Crippen LogP contribution in [0.25, 0.3) is 0 Å². The lowest BCUT2D eigenvalue weighted by Crippen LogP contribution is -2.17. The number of phenolic OH excluding ortho intramolecular Hbond substituents is 1. The molecule has 0 aliphatic rings. The predicted molar refractivity (Wildman–Crippen MR) is 74.8 cm³/mol. The summed E-state index contributed by atoms with van der Waals surface area (Å²) in [6, 6.07) is 15.3. The van der Waals surface area contributed by atoms with Gasteiger partial charge in [-0.3, -0.25) is 0 Å². The van der Waals surface area contributed by atoms with E-state index in [2.05, 4.69) is 12.2 Å². The Labute approximate surface area is 112 Å². The molecule has 0 bridgehead atoms. The summed E-state index contributed by atoms with van der Waals surface area (Å²) < 4.78 is 0. The van der Waals surface area contributed by atoms with Crippen molar-refractivity contribution in [3.05, 3.63) is 64.7 Å². The zero-order chi connectivity index (χ0) is 13.0. The molecule has 2 aromatic carbocycles. The quantitative estimate of drug-likeness (QED) is 0.875. The van der Waals surface area contributed by atoms with Gasteiger partial charge < -0.3 is 10.4 Å². The Morgan fingerprint density at radius 3 is 2.56 bits per heavy atom. The molecule has 0 saturated heterocycles. The number of hydrogen-bond acceptors (Lipinski definition) is 2. The number of halogens is 1. The Kier molecular flexibility index (Phi) is 4.24. The topological polar surface area (TPSA) is 32.3 Å². The van der Waals surface area contributed by atoms with Gasteiger partial charge in [0.15, 0.2) is 0 Å². The SMILES string of the molecule is CC(NCc1ccc(Cl)cc1)c1cccc(O)c1. The molecule has 0 aliphatic heterocycles. The van der Waals surface area contributed by atoms with E-state index in [4.69, 9.17) is 11.6 Å². The van der Waals surface area contributed by atoms with Crippen molar-refractivity contribution in [2.75, 3.05) is 0 Å². The first-order valence-electron chi connectivity index (χ1n) is 5.92. The van der Waals surface area contributed by atoms with Gasteiger partial charge in [-0.2, -0.15) is 0 Å². The van der Waals surface area contributed by atoms with E-state index >= 15 is 0 Å². The van der Waals surface area contributed by atoms with E-state index < -0.39 is 0 Å². The van der Waals surface area contributed by atoms with Crippen molar-refractivity contribution < 1.29 is 5.11 Å². The van der Waals surface area contributed by atoms with E-state index in [1.54, 1.807) is 12.1 Å². The van der Waals surface area contributed by atoms with E-state index in [1.807, 2.05) is 36.4 Å². The Hall–Kier alpha value is -1.51. The van der Waals surface area contributed by atoms with Gasteiger partial charge in [0.2, 0.25) is 0 Å². The largest absolute Gasteiger partial charge is 0.508 e. The molecule has 2 rings (SSSR count). The zero-order valence-electron chi connectivity index (χ0n) is 10.2. The molecule has 1 atom stereocenters. The number of phenols is 1. The highest BCUT2D eigenvalue weighted by atomic mass is 35.5. The lowest BCUT2D eigenvalue weighted by molar-refractivity contribution is 0.472. The van der Waals surface area contributed by atoms with Gasteiger partial charge in [0.1, 0.15) is 5.75 Å². The van der Waals surface area contributed by atoms with Crippen LogP contribution >= 0.6 is 11.6 Å². The van der Waals surface area contributed by atoms with Gasteiger partial charge in [-0.25, -0.2) is 0 Å². The number of hydrogen-bond donors (Lipinski definition) is 2. The fraction of sp³-hybridized carbons (Fsp3) is 0.200. The first kappa shape index (κ1) is 12.9. The van der Waals surface area contributed by atoms with E-state index in [-0.39, 0.29) is 6.04 Å². The van der Waals surface area contributed by atoms with Gasteiger partial charge in [-0.1, -0.05) is 35.9 Å². The maximum atomic E-state index is 9.44. The van der Waals surface area contributed by atoms with Gasteiger partial charge in [0, 0.05) is 17.6 Å². The minimum Gasteiger partial charge on any atom is -0.508 e. The average molecular weight is 262 g/mol. The lowest BCUT2D eigenvalue weighted by atomic mass is 10.1. The van der Waals surface area contributed by atoms with Gasteiger partial charge >= 0.3 is 0 Å². The summed E-state index contributed by atoms with van der Waals surface area (Å²) in [5.74, 6) is 0.299. The maximum absolute atomic E-state index is 9.44. The number of rotatable bonds is 4. The van der Waals surface area contributed by atoms with Crippen LogP contribution in [0.5, 0.6) is 5.75 Å². The minimum absolute atomic E-state index is 0.188. The fourth-order valence-corrected chi connectivity index (χ4v) is 1.91. The standard InChI is InChI=1S/C15H16ClNO/c1-11(13-3-2-4-15(18)9-13)17-10-12-5-7-14(16)8-6-12/h2-9,11,17-18H,10H2,1H3. The van der Waals surface area contributed by atoms with E-state index in [0.29, 0.717) is 5.75 Å². The summed E-state index contributed by atoms with van der Waals surface area (Å²) in [4.78, 5) is 0. The second kappa shape index (κ2) is 5.89. The monoisotopic (exact) mass is 261 g/mol. The summed E-state index contributed by atoms with van der Waals surface area (Å²) in [7, 11) is 0. The second-order valence-electron chi connectivity index (χ2n) is 4.32. The molecule has 0 spiro atoms. The van der Waals surface area contributed by atoms with Crippen molar-refractivity contribution in [2.24, 2.45) is 0 Å². The van der Waals surface area contributed by atoms with Crippen molar-refractivity contribution in [3.63, 3.8) is 0 Å². The molecule has 0 amide bonds. The second-order valence-corrected chi connectivity index (χ2v) is 4.76. The Morgan fingerprint density at radius 2 is 1.89 bits per heavy atom. The van der Waals surface area contributed by atoms with Crippen LogP contribution in [-0.4, -0.2) is 5.11 Å². The molecule has 3 heteroatoms. The van der Waals surface area contributed by atoms with Crippen molar-refractivity contribution in [3.8, 4) is 5.75 Å². The molecule has 2 N–H and O–H groups in total. The Morgan fingerprint density at radius 1 is 1.17 bits per heavy atom. The van der Waals surface area contributed by atoms with Crippen molar-refractivity contribution in [1.82, 2.24) is 5.32 Å². The highest BCUT2D eigenvalue weighted by Gasteiger charge is 2.05. The van der Waals surface area contributed by atoms with Gasteiger partial charge in [0.05, 0.1) is 0 Å². The maximum Gasteiger partial charge on any atom is 0.115 e. The van der Waals surface area contributed by atoms with Crippen LogP contribution in [0, 0.1) is 0 Å². The predicted octanol–water partition coefficient (Wildman–Crippen LogP) is 3.90. The molecule has 0 heterocycles. The molecule has 0 fully saturated rings. The van der Waals surface area contributed by atoms with Crippen LogP contribution in [0.4, 0.5) is 0 Å².